The predicted octanol–water partition coefficient (Wildman–Crippen LogP) is 1.81. The van der Waals surface area contributed by atoms with Crippen LogP contribution in [0.3, 0.4) is 0 Å². The fourth-order valence-corrected chi connectivity index (χ4v) is 3.67. The zero-order valence-corrected chi connectivity index (χ0v) is 11.9. The zero-order chi connectivity index (χ0) is 13.3. The third kappa shape index (κ3) is 2.67. The molecule has 3 rings (SSSR count). The van der Waals surface area contributed by atoms with Gasteiger partial charge in [-0.3, -0.25) is 4.90 Å². The molecule has 2 aliphatic rings. The van der Waals surface area contributed by atoms with Crippen molar-refractivity contribution in [3.63, 3.8) is 0 Å². The van der Waals surface area contributed by atoms with Gasteiger partial charge >= 0.3 is 0 Å². The number of rotatable bonds is 3. The maximum atomic E-state index is 4.87. The molecule has 0 aromatic carbocycles. The molecule has 0 radical (unpaired) electrons. The van der Waals surface area contributed by atoms with Gasteiger partial charge in [-0.25, -0.2) is 0 Å². The molecule has 0 bridgehead atoms. The Labute approximate surface area is 114 Å². The Morgan fingerprint density at radius 3 is 2.89 bits per heavy atom. The van der Waals surface area contributed by atoms with E-state index in [4.69, 9.17) is 4.52 Å². The Morgan fingerprint density at radius 1 is 1.47 bits per heavy atom. The van der Waals surface area contributed by atoms with E-state index in [1.54, 1.807) is 0 Å². The highest BCUT2D eigenvalue weighted by Crippen LogP contribution is 2.34. The van der Waals surface area contributed by atoms with Crippen molar-refractivity contribution in [3.8, 4) is 0 Å². The monoisotopic (exact) mass is 264 g/mol. The third-order valence-electron chi connectivity index (χ3n) is 4.74. The molecule has 2 heterocycles. The Balaban J connectivity index is 1.74. The molecule has 1 aliphatic carbocycles. The van der Waals surface area contributed by atoms with Gasteiger partial charge < -0.3 is 9.84 Å². The smallest absolute Gasteiger partial charge is 0.213 e. The highest BCUT2D eigenvalue weighted by molar-refractivity contribution is 5.02. The van der Waals surface area contributed by atoms with E-state index >= 15 is 0 Å². The summed E-state index contributed by atoms with van der Waals surface area (Å²) in [5.41, 5.74) is 0.342. The van der Waals surface area contributed by atoms with Gasteiger partial charge in [0.2, 0.25) is 6.39 Å². The van der Waals surface area contributed by atoms with Gasteiger partial charge in [-0.05, 0) is 18.8 Å². The fourth-order valence-electron chi connectivity index (χ4n) is 3.67. The number of piperazine rings is 1. The summed E-state index contributed by atoms with van der Waals surface area (Å²) in [6, 6.07) is 0.560. The number of hydrogen-bond donors (Lipinski definition) is 1. The second-order valence-electron chi connectivity index (χ2n) is 6.43. The van der Waals surface area contributed by atoms with Crippen LogP contribution in [-0.2, 0) is 6.54 Å². The van der Waals surface area contributed by atoms with Crippen LogP contribution in [0.25, 0.3) is 0 Å². The first-order chi connectivity index (χ1) is 9.19. The molecule has 1 atom stereocenters. The van der Waals surface area contributed by atoms with Crippen LogP contribution in [0.2, 0.25) is 0 Å². The lowest BCUT2D eigenvalue weighted by molar-refractivity contribution is 0.0481. The van der Waals surface area contributed by atoms with Crippen molar-refractivity contribution in [2.75, 3.05) is 13.1 Å². The van der Waals surface area contributed by atoms with Crippen molar-refractivity contribution >= 4 is 0 Å². The highest BCUT2D eigenvalue weighted by atomic mass is 16.5. The van der Waals surface area contributed by atoms with E-state index in [-0.39, 0.29) is 0 Å². The molecule has 1 unspecified atom stereocenters. The number of nitrogens with one attached hydrogen (secondary N) is 1. The van der Waals surface area contributed by atoms with Crippen molar-refractivity contribution in [2.45, 2.75) is 57.7 Å². The molecule has 1 saturated carbocycles. The lowest BCUT2D eigenvalue weighted by Crippen LogP contribution is -2.64. The molecular formula is C14H24N4O. The van der Waals surface area contributed by atoms with Gasteiger partial charge in [0.15, 0.2) is 5.82 Å². The molecule has 5 nitrogen and oxygen atoms in total. The number of nitrogens with zero attached hydrogens (tertiary/aromatic N) is 3. The van der Waals surface area contributed by atoms with Crippen molar-refractivity contribution in [1.82, 2.24) is 20.4 Å². The average molecular weight is 264 g/mol. The van der Waals surface area contributed by atoms with Crippen LogP contribution < -0.4 is 5.32 Å². The van der Waals surface area contributed by atoms with Crippen LogP contribution in [0.1, 0.15) is 45.4 Å². The molecule has 1 aromatic rings. The van der Waals surface area contributed by atoms with Gasteiger partial charge in [0.1, 0.15) is 0 Å². The van der Waals surface area contributed by atoms with E-state index in [2.05, 4.69) is 34.2 Å². The Bertz CT molecular complexity index is 398. The molecule has 1 spiro atoms. The Hall–Kier alpha value is -0.940. The van der Waals surface area contributed by atoms with Crippen molar-refractivity contribution in [3.05, 3.63) is 12.2 Å². The van der Waals surface area contributed by atoms with E-state index < -0.39 is 0 Å². The van der Waals surface area contributed by atoms with Crippen LogP contribution >= 0.6 is 0 Å². The standard InChI is InChI=1S/C14H24N4O/c1-11(2)12-7-16-14(5-3-4-6-14)9-18(12)8-13-15-10-19-17-13/h10-12,16H,3-9H2,1-2H3. The zero-order valence-electron chi connectivity index (χ0n) is 11.9. The Morgan fingerprint density at radius 2 is 2.26 bits per heavy atom. The molecule has 1 aromatic heterocycles. The largest absolute Gasteiger partial charge is 0.343 e. The minimum atomic E-state index is 0.342. The number of hydrogen-bond acceptors (Lipinski definition) is 5. The first-order valence-electron chi connectivity index (χ1n) is 7.43. The molecule has 1 N–H and O–H groups in total. The van der Waals surface area contributed by atoms with Crippen LogP contribution in [0.4, 0.5) is 0 Å². The molecule has 1 saturated heterocycles. The summed E-state index contributed by atoms with van der Waals surface area (Å²) >= 11 is 0. The second kappa shape index (κ2) is 5.21. The van der Waals surface area contributed by atoms with E-state index in [1.807, 2.05) is 0 Å². The maximum absolute atomic E-state index is 4.87. The van der Waals surface area contributed by atoms with E-state index in [9.17, 15) is 0 Å². The summed E-state index contributed by atoms with van der Waals surface area (Å²) in [4.78, 5) is 6.73. The van der Waals surface area contributed by atoms with Crippen LogP contribution in [0.15, 0.2) is 10.9 Å². The molecule has 5 heteroatoms. The summed E-state index contributed by atoms with van der Waals surface area (Å²) in [5, 5.41) is 7.80. The van der Waals surface area contributed by atoms with Crippen LogP contribution in [-0.4, -0.2) is 39.7 Å². The minimum Gasteiger partial charge on any atom is -0.343 e. The summed E-state index contributed by atoms with van der Waals surface area (Å²) in [6.07, 6.45) is 6.75. The van der Waals surface area contributed by atoms with E-state index in [1.165, 1.54) is 32.1 Å². The summed E-state index contributed by atoms with van der Waals surface area (Å²) in [6.45, 7) is 7.59. The lowest BCUT2D eigenvalue weighted by Gasteiger charge is -2.47. The Kier molecular flexibility index (Phi) is 3.58. The maximum Gasteiger partial charge on any atom is 0.213 e. The first kappa shape index (κ1) is 13.1. The molecular weight excluding hydrogens is 240 g/mol. The van der Waals surface area contributed by atoms with Gasteiger partial charge in [-0.15, -0.1) is 0 Å². The van der Waals surface area contributed by atoms with E-state index in [0.717, 1.165) is 25.5 Å². The quantitative estimate of drug-likeness (QED) is 0.902. The van der Waals surface area contributed by atoms with Crippen molar-refractivity contribution in [2.24, 2.45) is 5.92 Å². The summed E-state index contributed by atoms with van der Waals surface area (Å²) in [7, 11) is 0. The molecule has 0 amide bonds. The number of aromatic nitrogens is 2. The van der Waals surface area contributed by atoms with Gasteiger partial charge in [-0.1, -0.05) is 31.8 Å². The summed E-state index contributed by atoms with van der Waals surface area (Å²) < 4.78 is 4.87. The third-order valence-corrected chi connectivity index (χ3v) is 4.74. The second-order valence-corrected chi connectivity index (χ2v) is 6.43. The molecule has 1 aliphatic heterocycles. The topological polar surface area (TPSA) is 54.2 Å². The SMILES string of the molecule is CC(C)C1CNC2(CCCC2)CN1Cc1ncon1. The van der Waals surface area contributed by atoms with Crippen LogP contribution in [0.5, 0.6) is 0 Å². The van der Waals surface area contributed by atoms with Gasteiger partial charge in [0.05, 0.1) is 6.54 Å². The van der Waals surface area contributed by atoms with Crippen LogP contribution in [0, 0.1) is 5.92 Å². The molecule has 106 valence electrons. The normalized spacial score (nSPS) is 27.4. The average Bonchev–Trinajstić information content (AvgIpc) is 3.01. The fraction of sp³-hybridized carbons (Fsp3) is 0.857. The summed E-state index contributed by atoms with van der Waals surface area (Å²) in [5.74, 6) is 1.44. The molecule has 2 fully saturated rings. The van der Waals surface area contributed by atoms with Gasteiger partial charge in [-0.2, -0.15) is 4.98 Å². The molecule has 19 heavy (non-hydrogen) atoms. The van der Waals surface area contributed by atoms with Gasteiger partial charge in [0.25, 0.3) is 0 Å². The minimum absolute atomic E-state index is 0.342. The highest BCUT2D eigenvalue weighted by Gasteiger charge is 2.41. The predicted molar refractivity (Wildman–Crippen MR) is 72.5 cm³/mol. The van der Waals surface area contributed by atoms with Gasteiger partial charge in [0, 0.05) is 24.7 Å². The van der Waals surface area contributed by atoms with E-state index in [0.29, 0.717) is 17.5 Å². The lowest BCUT2D eigenvalue weighted by atomic mass is 9.89. The van der Waals surface area contributed by atoms with Crippen molar-refractivity contribution in [1.29, 1.82) is 0 Å². The first-order valence-corrected chi connectivity index (χ1v) is 7.43. The van der Waals surface area contributed by atoms with Crippen molar-refractivity contribution < 1.29 is 4.52 Å².